The van der Waals surface area contributed by atoms with Gasteiger partial charge in [0.05, 0.1) is 11.2 Å². The van der Waals surface area contributed by atoms with E-state index in [0.29, 0.717) is 5.54 Å². The molecule has 1 aromatic rings. The van der Waals surface area contributed by atoms with Gasteiger partial charge >= 0.3 is 0 Å². The Kier molecular flexibility index (Phi) is 4.06. The molecule has 1 aliphatic carbocycles. The maximum absolute atomic E-state index is 4.96. The van der Waals surface area contributed by atoms with Gasteiger partial charge in [-0.3, -0.25) is 0 Å². The molecule has 1 saturated heterocycles. The van der Waals surface area contributed by atoms with Crippen molar-refractivity contribution in [2.24, 2.45) is 4.99 Å². The van der Waals surface area contributed by atoms with E-state index in [9.17, 15) is 0 Å². The third kappa shape index (κ3) is 2.39. The predicted octanol–water partition coefficient (Wildman–Crippen LogP) is 4.89. The molecule has 2 aliphatic rings. The van der Waals surface area contributed by atoms with Crippen molar-refractivity contribution < 1.29 is 0 Å². The van der Waals surface area contributed by atoms with Crippen molar-refractivity contribution in [1.82, 2.24) is 4.90 Å². The fraction of sp³-hybridized carbons (Fsp3) is 0.562. The summed E-state index contributed by atoms with van der Waals surface area (Å²) >= 11 is 4.33. The topological polar surface area (TPSA) is 15.6 Å². The summed E-state index contributed by atoms with van der Waals surface area (Å²) in [6.45, 7) is 4.37. The van der Waals surface area contributed by atoms with Crippen molar-refractivity contribution in [2.45, 2.75) is 45.1 Å². The van der Waals surface area contributed by atoms with Crippen molar-refractivity contribution in [2.75, 3.05) is 12.8 Å². The molecule has 1 heterocycles. The number of hydrogen-bond donors (Lipinski definition) is 0. The van der Waals surface area contributed by atoms with Crippen molar-refractivity contribution in [3.63, 3.8) is 0 Å². The zero-order valence-corrected chi connectivity index (χ0v) is 15.3. The Hall–Kier alpha value is -0.230. The first-order chi connectivity index (χ1) is 9.53. The summed E-state index contributed by atoms with van der Waals surface area (Å²) in [6, 6.07) is 4.33. The van der Waals surface area contributed by atoms with Gasteiger partial charge in [0.25, 0.3) is 0 Å². The Morgan fingerprint density at radius 2 is 1.90 bits per heavy atom. The summed E-state index contributed by atoms with van der Waals surface area (Å²) in [5.74, 6) is 1.21. The lowest BCUT2D eigenvalue weighted by molar-refractivity contribution is 0.256. The molecule has 1 saturated carbocycles. The molecule has 0 radical (unpaired) electrons. The van der Waals surface area contributed by atoms with Gasteiger partial charge in [-0.25, -0.2) is 4.99 Å². The van der Waals surface area contributed by atoms with E-state index in [1.165, 1.54) is 51.3 Å². The highest BCUT2D eigenvalue weighted by Gasteiger charge is 2.44. The molecule has 0 N–H and O–H groups in total. The van der Waals surface area contributed by atoms with Gasteiger partial charge in [0.2, 0.25) is 0 Å². The molecule has 0 amide bonds. The van der Waals surface area contributed by atoms with Gasteiger partial charge in [-0.2, -0.15) is 0 Å². The number of aliphatic imine (C=N–C) groups is 1. The normalized spacial score (nSPS) is 23.2. The third-order valence-corrected chi connectivity index (χ3v) is 7.38. The Balaban J connectivity index is 1.92. The summed E-state index contributed by atoms with van der Waals surface area (Å²) in [5, 5.41) is 1.20. The number of halogens is 1. The monoisotopic (exact) mass is 400 g/mol. The van der Waals surface area contributed by atoms with Crippen LogP contribution >= 0.6 is 34.4 Å². The molecular weight excluding hydrogens is 379 g/mol. The predicted molar refractivity (Wildman–Crippen MR) is 97.1 cm³/mol. The number of hydrogen-bond acceptors (Lipinski definition) is 2. The first-order valence-electron chi connectivity index (χ1n) is 7.24. The van der Waals surface area contributed by atoms with E-state index >= 15 is 0 Å². The lowest BCUT2D eigenvalue weighted by Gasteiger charge is -2.32. The summed E-state index contributed by atoms with van der Waals surface area (Å²) in [4.78, 5) is 7.42. The van der Waals surface area contributed by atoms with Crippen molar-refractivity contribution in [3.8, 4) is 0 Å². The van der Waals surface area contributed by atoms with E-state index in [-0.39, 0.29) is 0 Å². The van der Waals surface area contributed by atoms with Gasteiger partial charge < -0.3 is 4.90 Å². The SMILES string of the molecule is Cc1c(I)ccc(N=C2SCC3(CCCC3)N2C)c1C. The standard InChI is InChI=1S/C16H21IN2S/c1-11-12(2)14(7-6-13(11)17)18-15-19(3)16(10-20-15)8-4-5-9-16/h6-7H,4-5,8-10H2,1-3H3. The largest absolute Gasteiger partial charge is 0.348 e. The molecule has 4 heteroatoms. The average Bonchev–Trinajstić information content (AvgIpc) is 3.03. The molecule has 1 aliphatic heterocycles. The van der Waals surface area contributed by atoms with E-state index in [2.05, 4.69) is 60.5 Å². The highest BCUT2D eigenvalue weighted by molar-refractivity contribution is 14.1. The first-order valence-corrected chi connectivity index (χ1v) is 9.31. The van der Waals surface area contributed by atoms with Gasteiger partial charge in [-0.1, -0.05) is 24.6 Å². The van der Waals surface area contributed by atoms with E-state index in [1.54, 1.807) is 0 Å². The number of nitrogens with zero attached hydrogens (tertiary/aromatic N) is 2. The minimum atomic E-state index is 0.398. The molecule has 2 fully saturated rings. The van der Waals surface area contributed by atoms with E-state index in [0.717, 1.165) is 5.69 Å². The molecule has 0 bridgehead atoms. The number of thioether (sulfide) groups is 1. The quantitative estimate of drug-likeness (QED) is 0.624. The molecular formula is C16H21IN2S. The van der Waals surface area contributed by atoms with Gasteiger partial charge in [0.15, 0.2) is 5.17 Å². The van der Waals surface area contributed by atoms with Crippen LogP contribution in [0, 0.1) is 17.4 Å². The molecule has 0 unspecified atom stereocenters. The highest BCUT2D eigenvalue weighted by Crippen LogP contribution is 2.44. The Labute approximate surface area is 139 Å². The lowest BCUT2D eigenvalue weighted by atomic mass is 9.99. The van der Waals surface area contributed by atoms with Gasteiger partial charge in [-0.15, -0.1) is 0 Å². The van der Waals surface area contributed by atoms with E-state index < -0.39 is 0 Å². The second kappa shape index (κ2) is 5.52. The van der Waals surface area contributed by atoms with Crippen LogP contribution in [-0.2, 0) is 0 Å². The maximum Gasteiger partial charge on any atom is 0.164 e. The molecule has 20 heavy (non-hydrogen) atoms. The third-order valence-electron chi connectivity index (χ3n) is 4.91. The second-order valence-electron chi connectivity index (χ2n) is 5.99. The Morgan fingerprint density at radius 1 is 1.20 bits per heavy atom. The molecule has 1 spiro atoms. The van der Waals surface area contributed by atoms with Crippen molar-refractivity contribution in [3.05, 3.63) is 26.8 Å². The molecule has 2 nitrogen and oxygen atoms in total. The second-order valence-corrected chi connectivity index (χ2v) is 8.09. The van der Waals surface area contributed by atoms with Crippen LogP contribution < -0.4 is 0 Å². The summed E-state index contributed by atoms with van der Waals surface area (Å²) in [5.41, 5.74) is 4.20. The van der Waals surface area contributed by atoms with Crippen LogP contribution in [0.15, 0.2) is 17.1 Å². The van der Waals surface area contributed by atoms with Crippen LogP contribution in [0.1, 0.15) is 36.8 Å². The van der Waals surface area contributed by atoms with Crippen LogP contribution in [0.2, 0.25) is 0 Å². The number of benzene rings is 1. The van der Waals surface area contributed by atoms with E-state index in [1.807, 2.05) is 11.8 Å². The number of amidine groups is 1. The minimum Gasteiger partial charge on any atom is -0.348 e. The van der Waals surface area contributed by atoms with Crippen LogP contribution in [0.25, 0.3) is 0 Å². The Bertz CT molecular complexity index is 562. The Morgan fingerprint density at radius 3 is 2.60 bits per heavy atom. The molecule has 3 rings (SSSR count). The van der Waals surface area contributed by atoms with Gasteiger partial charge in [0, 0.05) is 16.4 Å². The fourth-order valence-corrected chi connectivity index (χ4v) is 5.23. The van der Waals surface area contributed by atoms with Gasteiger partial charge in [-0.05, 0) is 72.5 Å². The fourth-order valence-electron chi connectivity index (χ4n) is 3.21. The smallest absolute Gasteiger partial charge is 0.164 e. The summed E-state index contributed by atoms with van der Waals surface area (Å²) in [7, 11) is 2.24. The summed E-state index contributed by atoms with van der Waals surface area (Å²) < 4.78 is 1.32. The van der Waals surface area contributed by atoms with Crippen LogP contribution in [0.4, 0.5) is 5.69 Å². The zero-order valence-electron chi connectivity index (χ0n) is 12.4. The maximum atomic E-state index is 4.96. The van der Waals surface area contributed by atoms with Crippen molar-refractivity contribution in [1.29, 1.82) is 0 Å². The van der Waals surface area contributed by atoms with E-state index in [4.69, 9.17) is 4.99 Å². The van der Waals surface area contributed by atoms with Crippen LogP contribution in [-0.4, -0.2) is 28.4 Å². The van der Waals surface area contributed by atoms with Crippen molar-refractivity contribution >= 4 is 45.2 Å². The molecule has 0 atom stereocenters. The molecule has 0 aromatic heterocycles. The summed E-state index contributed by atoms with van der Waals surface area (Å²) in [6.07, 6.45) is 5.42. The van der Waals surface area contributed by atoms with Crippen LogP contribution in [0.3, 0.4) is 0 Å². The molecule has 1 aromatic carbocycles. The van der Waals surface area contributed by atoms with Gasteiger partial charge in [0.1, 0.15) is 0 Å². The van der Waals surface area contributed by atoms with Crippen LogP contribution in [0.5, 0.6) is 0 Å². The minimum absolute atomic E-state index is 0.398. The average molecular weight is 400 g/mol. The molecule has 108 valence electrons. The highest BCUT2D eigenvalue weighted by atomic mass is 127. The zero-order chi connectivity index (χ0) is 14.3. The lowest BCUT2D eigenvalue weighted by Crippen LogP contribution is -2.42. The first kappa shape index (κ1) is 14.7. The number of rotatable bonds is 1.